The summed E-state index contributed by atoms with van der Waals surface area (Å²) in [4.78, 5) is 0. The molecule has 5 heteroatoms. The highest BCUT2D eigenvalue weighted by atomic mass is 28.4. The topological polar surface area (TPSA) is 21.7 Å². The maximum atomic E-state index is 5.78. The monoisotopic (exact) mass is 221 g/mol. The van der Waals surface area contributed by atoms with Crippen molar-refractivity contribution in [3.63, 3.8) is 0 Å². The first kappa shape index (κ1) is 13.3. The van der Waals surface area contributed by atoms with Crippen LogP contribution in [0.15, 0.2) is 0 Å². The Kier molecular flexibility index (Phi) is 6.07. The van der Waals surface area contributed by atoms with E-state index in [9.17, 15) is 0 Å². The third-order valence-corrected chi connectivity index (χ3v) is 9.86. The Hall–Kier alpha value is 0.314. The first-order valence-corrected chi connectivity index (χ1v) is 9.94. The summed E-state index contributed by atoms with van der Waals surface area (Å²) in [7, 11) is -0.686. The van der Waals surface area contributed by atoms with Crippen molar-refractivity contribution in [1.82, 2.24) is 4.23 Å². The lowest BCUT2D eigenvalue weighted by Gasteiger charge is -2.35. The van der Waals surface area contributed by atoms with Crippen LogP contribution in [0.2, 0.25) is 19.6 Å². The van der Waals surface area contributed by atoms with Gasteiger partial charge in [-0.2, -0.15) is 0 Å². The molecule has 0 saturated heterocycles. The number of hydrogen-bond donors (Lipinski definition) is 0. The summed E-state index contributed by atoms with van der Waals surface area (Å²) in [6, 6.07) is 0. The van der Waals surface area contributed by atoms with E-state index in [-0.39, 0.29) is 0 Å². The van der Waals surface area contributed by atoms with Crippen LogP contribution in [0, 0.1) is 0 Å². The van der Waals surface area contributed by atoms with Gasteiger partial charge in [0.1, 0.15) is 0 Å². The molecule has 1 atom stereocenters. The molecule has 0 saturated carbocycles. The average molecular weight is 221 g/mol. The SMILES string of the molecule is CCO[SiH](C)N(C)[Si](C)(C)OCC. The molecule has 0 bridgehead atoms. The molecule has 0 radical (unpaired) electrons. The van der Waals surface area contributed by atoms with Gasteiger partial charge in [-0.1, -0.05) is 0 Å². The molecular formula is C8H23NO2Si2. The summed E-state index contributed by atoms with van der Waals surface area (Å²) in [6.45, 7) is 12.4. The van der Waals surface area contributed by atoms with Crippen LogP contribution in [0.3, 0.4) is 0 Å². The zero-order valence-corrected chi connectivity index (χ0v) is 11.9. The van der Waals surface area contributed by atoms with E-state index < -0.39 is 17.7 Å². The second-order valence-electron chi connectivity index (χ2n) is 3.55. The Labute approximate surface area is 85.0 Å². The van der Waals surface area contributed by atoms with Crippen LogP contribution >= 0.6 is 0 Å². The average Bonchev–Trinajstić information content (AvgIpc) is 2.03. The van der Waals surface area contributed by atoms with Crippen molar-refractivity contribution in [3.8, 4) is 0 Å². The number of hydrogen-bond acceptors (Lipinski definition) is 3. The van der Waals surface area contributed by atoms with E-state index in [1.54, 1.807) is 0 Å². The van der Waals surface area contributed by atoms with Crippen molar-refractivity contribution in [2.45, 2.75) is 33.5 Å². The lowest BCUT2D eigenvalue weighted by Crippen LogP contribution is -2.56. The van der Waals surface area contributed by atoms with E-state index in [0.717, 1.165) is 13.2 Å². The highest BCUT2D eigenvalue weighted by molar-refractivity contribution is 6.77. The summed E-state index contributed by atoms with van der Waals surface area (Å²) in [5.41, 5.74) is 0. The largest absolute Gasteiger partial charge is 0.406 e. The Morgan fingerprint density at radius 3 is 2.15 bits per heavy atom. The molecule has 0 N–H and O–H groups in total. The molecule has 0 aliphatic rings. The molecule has 80 valence electrons. The summed E-state index contributed by atoms with van der Waals surface area (Å²) in [5.74, 6) is 0. The summed E-state index contributed by atoms with van der Waals surface area (Å²) in [5, 5.41) is 0. The molecule has 13 heavy (non-hydrogen) atoms. The van der Waals surface area contributed by atoms with Gasteiger partial charge in [-0.3, -0.25) is 0 Å². The quantitative estimate of drug-likeness (QED) is 0.635. The third-order valence-electron chi connectivity index (χ3n) is 2.30. The van der Waals surface area contributed by atoms with Crippen molar-refractivity contribution < 1.29 is 8.85 Å². The Balaban J connectivity index is 4.12. The van der Waals surface area contributed by atoms with Crippen molar-refractivity contribution in [2.24, 2.45) is 0 Å². The Morgan fingerprint density at radius 1 is 1.23 bits per heavy atom. The van der Waals surface area contributed by atoms with Gasteiger partial charge >= 0.3 is 0 Å². The van der Waals surface area contributed by atoms with Crippen LogP contribution in [0.25, 0.3) is 0 Å². The van der Waals surface area contributed by atoms with Gasteiger partial charge in [0.25, 0.3) is 8.48 Å². The second kappa shape index (κ2) is 5.92. The molecule has 0 aliphatic heterocycles. The molecular weight excluding hydrogens is 198 g/mol. The highest BCUT2D eigenvalue weighted by Crippen LogP contribution is 2.11. The molecule has 0 fully saturated rings. The van der Waals surface area contributed by atoms with Gasteiger partial charge in [-0.15, -0.1) is 0 Å². The normalized spacial score (nSPS) is 15.0. The fourth-order valence-electron chi connectivity index (χ4n) is 1.25. The van der Waals surface area contributed by atoms with E-state index >= 15 is 0 Å². The lowest BCUT2D eigenvalue weighted by molar-refractivity contribution is 0.274. The number of nitrogens with zero attached hydrogens (tertiary/aromatic N) is 1. The number of rotatable bonds is 6. The molecule has 0 aromatic heterocycles. The van der Waals surface area contributed by atoms with E-state index in [2.05, 4.69) is 37.8 Å². The van der Waals surface area contributed by atoms with Crippen molar-refractivity contribution in [1.29, 1.82) is 0 Å². The fraction of sp³-hybridized carbons (Fsp3) is 1.00. The molecule has 0 rings (SSSR count). The van der Waals surface area contributed by atoms with Gasteiger partial charge in [0.15, 0.2) is 0 Å². The molecule has 0 spiro atoms. The molecule has 0 amide bonds. The minimum absolute atomic E-state index is 0.802. The molecule has 0 aromatic carbocycles. The van der Waals surface area contributed by atoms with E-state index in [1.165, 1.54) is 0 Å². The first-order valence-electron chi connectivity index (χ1n) is 4.94. The maximum absolute atomic E-state index is 5.78. The van der Waals surface area contributed by atoms with E-state index in [1.807, 2.05) is 6.92 Å². The highest BCUT2D eigenvalue weighted by Gasteiger charge is 2.32. The maximum Gasteiger partial charge on any atom is 0.259 e. The van der Waals surface area contributed by atoms with Crippen LogP contribution in [0.1, 0.15) is 13.8 Å². The van der Waals surface area contributed by atoms with Gasteiger partial charge in [0.05, 0.1) is 0 Å². The van der Waals surface area contributed by atoms with Crippen LogP contribution in [-0.2, 0) is 8.85 Å². The molecule has 1 unspecified atom stereocenters. The zero-order chi connectivity index (χ0) is 10.5. The molecule has 3 nitrogen and oxygen atoms in total. The van der Waals surface area contributed by atoms with Crippen LogP contribution in [-0.4, -0.2) is 42.2 Å². The van der Waals surface area contributed by atoms with E-state index in [4.69, 9.17) is 8.85 Å². The third kappa shape index (κ3) is 4.37. The van der Waals surface area contributed by atoms with Gasteiger partial charge < -0.3 is 13.1 Å². The molecule has 0 heterocycles. The van der Waals surface area contributed by atoms with Gasteiger partial charge in [0, 0.05) is 13.2 Å². The minimum atomic E-state index is -1.64. The van der Waals surface area contributed by atoms with Crippen LogP contribution in [0.4, 0.5) is 0 Å². The van der Waals surface area contributed by atoms with Crippen LogP contribution < -0.4 is 0 Å². The van der Waals surface area contributed by atoms with E-state index in [0.29, 0.717) is 0 Å². The first-order chi connectivity index (χ1) is 5.95. The lowest BCUT2D eigenvalue weighted by atomic mass is 10.9. The summed E-state index contributed by atoms with van der Waals surface area (Å²) < 4.78 is 13.8. The zero-order valence-electron chi connectivity index (χ0n) is 9.76. The van der Waals surface area contributed by atoms with Gasteiger partial charge in [-0.05, 0) is 40.5 Å². The van der Waals surface area contributed by atoms with Crippen LogP contribution in [0.5, 0.6) is 0 Å². The fourth-order valence-corrected chi connectivity index (χ4v) is 6.81. The standard InChI is InChI=1S/C8H23NO2Si2/c1-7-10-12(4)9(3)13(5,6)11-8-2/h12H,7-8H2,1-6H3. The van der Waals surface area contributed by atoms with Gasteiger partial charge in [0.2, 0.25) is 9.20 Å². The summed E-state index contributed by atoms with van der Waals surface area (Å²) in [6.07, 6.45) is 0. The smallest absolute Gasteiger partial charge is 0.259 e. The van der Waals surface area contributed by atoms with Gasteiger partial charge in [-0.25, -0.2) is 0 Å². The Bertz CT molecular complexity index is 144. The minimum Gasteiger partial charge on any atom is -0.406 e. The molecule has 0 aromatic rings. The summed E-state index contributed by atoms with van der Waals surface area (Å²) >= 11 is 0. The van der Waals surface area contributed by atoms with Crippen molar-refractivity contribution >= 4 is 17.7 Å². The predicted molar refractivity (Wildman–Crippen MR) is 61.5 cm³/mol. The Morgan fingerprint density at radius 2 is 1.77 bits per heavy atom. The second-order valence-corrected chi connectivity index (χ2v) is 10.3. The molecule has 0 aliphatic carbocycles. The van der Waals surface area contributed by atoms with Crippen molar-refractivity contribution in [3.05, 3.63) is 0 Å². The predicted octanol–water partition coefficient (Wildman–Crippen LogP) is 1.54. The van der Waals surface area contributed by atoms with Crippen molar-refractivity contribution in [2.75, 3.05) is 20.3 Å².